The molecule has 1 aliphatic heterocycles. The van der Waals surface area contributed by atoms with Gasteiger partial charge in [0.1, 0.15) is 5.69 Å². The number of likely N-dealkylation sites (tertiary alicyclic amines) is 1. The number of nitrogens with two attached hydrogens (primary N) is 1. The van der Waals surface area contributed by atoms with Crippen LogP contribution in [-0.4, -0.2) is 41.9 Å². The van der Waals surface area contributed by atoms with Gasteiger partial charge < -0.3 is 4.90 Å². The van der Waals surface area contributed by atoms with E-state index in [9.17, 15) is 13.2 Å². The number of nitrogens with zero attached hydrogens (tertiary/aromatic N) is 2. The van der Waals surface area contributed by atoms with Crippen LogP contribution >= 0.6 is 11.5 Å². The average molecular weight is 339 g/mol. The summed E-state index contributed by atoms with van der Waals surface area (Å²) in [5.41, 5.74) is 1.46. The van der Waals surface area contributed by atoms with Gasteiger partial charge in [-0.25, -0.2) is 13.6 Å². The molecule has 0 aliphatic carbocycles. The molecule has 22 heavy (non-hydrogen) atoms. The number of aryl methyl sites for hydroxylation is 1. The molecule has 1 aromatic heterocycles. The Kier molecular flexibility index (Phi) is 3.92. The lowest BCUT2D eigenvalue weighted by Gasteiger charge is -2.31. The van der Waals surface area contributed by atoms with Crippen LogP contribution in [0.5, 0.6) is 0 Å². The van der Waals surface area contributed by atoms with Gasteiger partial charge >= 0.3 is 0 Å². The van der Waals surface area contributed by atoms with Crippen molar-refractivity contribution in [3.05, 3.63) is 29.5 Å². The number of amides is 1. The summed E-state index contributed by atoms with van der Waals surface area (Å²) in [5.74, 6) is -0.217. The summed E-state index contributed by atoms with van der Waals surface area (Å²) in [6, 6.07) is 5.86. The highest BCUT2D eigenvalue weighted by molar-refractivity contribution is 7.89. The van der Waals surface area contributed by atoms with Crippen molar-refractivity contribution < 1.29 is 13.2 Å². The molecule has 1 aliphatic rings. The summed E-state index contributed by atoms with van der Waals surface area (Å²) in [4.78, 5) is 14.2. The van der Waals surface area contributed by atoms with Crippen LogP contribution in [0.3, 0.4) is 0 Å². The van der Waals surface area contributed by atoms with Crippen molar-refractivity contribution in [1.82, 2.24) is 9.27 Å². The topological polar surface area (TPSA) is 93.4 Å². The summed E-state index contributed by atoms with van der Waals surface area (Å²) in [7, 11) is -3.62. The second kappa shape index (κ2) is 5.60. The quantitative estimate of drug-likeness (QED) is 0.897. The highest BCUT2D eigenvalue weighted by Crippen LogP contribution is 2.26. The first-order valence-electron chi connectivity index (χ1n) is 7.03. The van der Waals surface area contributed by atoms with Gasteiger partial charge in [0.05, 0.1) is 9.95 Å². The van der Waals surface area contributed by atoms with Crippen molar-refractivity contribution in [3.8, 4) is 0 Å². The monoisotopic (exact) mass is 339 g/mol. The first kappa shape index (κ1) is 15.4. The van der Waals surface area contributed by atoms with E-state index in [1.807, 2.05) is 25.1 Å². The molecule has 2 aromatic rings. The van der Waals surface area contributed by atoms with Gasteiger partial charge in [0, 0.05) is 18.5 Å². The van der Waals surface area contributed by atoms with Gasteiger partial charge in [-0.1, -0.05) is 11.6 Å². The maximum absolute atomic E-state index is 12.7. The number of hydrogen-bond acceptors (Lipinski definition) is 5. The molecule has 0 bridgehead atoms. The molecule has 118 valence electrons. The Morgan fingerprint density at radius 2 is 2.23 bits per heavy atom. The molecule has 0 spiro atoms. The van der Waals surface area contributed by atoms with Crippen LogP contribution in [0.1, 0.15) is 28.9 Å². The summed E-state index contributed by atoms with van der Waals surface area (Å²) in [5, 5.41) is 5.37. The Morgan fingerprint density at radius 1 is 1.45 bits per heavy atom. The molecule has 3 rings (SSSR count). The first-order valence-corrected chi connectivity index (χ1v) is 9.41. The molecule has 0 radical (unpaired) electrons. The molecular formula is C14H17N3O3S2. The number of sulfonamides is 1. The molecule has 8 heteroatoms. The van der Waals surface area contributed by atoms with E-state index in [4.69, 9.17) is 5.14 Å². The number of rotatable bonds is 2. The van der Waals surface area contributed by atoms with Crippen molar-refractivity contribution in [1.29, 1.82) is 0 Å². The summed E-state index contributed by atoms with van der Waals surface area (Å²) in [6.45, 7) is 2.64. The SMILES string of the molecule is Cc1ccc2snc(C(=O)N3CCCC(S(N)(=O)=O)C3)c2c1. The van der Waals surface area contributed by atoms with E-state index < -0.39 is 15.3 Å². The highest BCUT2D eigenvalue weighted by Gasteiger charge is 2.32. The first-order chi connectivity index (χ1) is 10.4. The molecule has 1 saturated heterocycles. The Hall–Kier alpha value is -1.51. The van der Waals surface area contributed by atoms with Crippen LogP contribution in [0.2, 0.25) is 0 Å². The molecule has 1 fully saturated rings. The van der Waals surface area contributed by atoms with Gasteiger partial charge in [-0.3, -0.25) is 4.79 Å². The molecule has 1 aromatic carbocycles. The zero-order chi connectivity index (χ0) is 15.9. The summed E-state index contributed by atoms with van der Waals surface area (Å²) < 4.78 is 28.3. The number of aromatic nitrogens is 1. The number of benzene rings is 1. The lowest BCUT2D eigenvalue weighted by molar-refractivity contribution is 0.0724. The third-order valence-electron chi connectivity index (χ3n) is 3.96. The van der Waals surface area contributed by atoms with Gasteiger partial charge in [-0.05, 0) is 43.4 Å². The van der Waals surface area contributed by atoms with E-state index in [1.165, 1.54) is 11.5 Å². The largest absolute Gasteiger partial charge is 0.336 e. The van der Waals surface area contributed by atoms with Crippen molar-refractivity contribution >= 4 is 37.5 Å². The number of hydrogen-bond donors (Lipinski definition) is 1. The summed E-state index contributed by atoms with van der Waals surface area (Å²) >= 11 is 1.28. The lowest BCUT2D eigenvalue weighted by atomic mass is 10.1. The van der Waals surface area contributed by atoms with Crippen LogP contribution in [0.25, 0.3) is 10.1 Å². The third-order valence-corrected chi connectivity index (χ3v) is 6.10. The molecular weight excluding hydrogens is 322 g/mol. The van der Waals surface area contributed by atoms with Crippen LogP contribution in [0.4, 0.5) is 0 Å². The highest BCUT2D eigenvalue weighted by atomic mass is 32.2. The van der Waals surface area contributed by atoms with Crippen LogP contribution in [0, 0.1) is 6.92 Å². The second-order valence-electron chi connectivity index (χ2n) is 5.64. The fourth-order valence-electron chi connectivity index (χ4n) is 2.75. The minimum absolute atomic E-state index is 0.141. The fraction of sp³-hybridized carbons (Fsp3) is 0.429. The predicted molar refractivity (Wildman–Crippen MR) is 86.4 cm³/mol. The van der Waals surface area contributed by atoms with Gasteiger partial charge in [-0.15, -0.1) is 0 Å². The molecule has 2 N–H and O–H groups in total. The minimum atomic E-state index is -3.62. The van der Waals surface area contributed by atoms with Crippen LogP contribution in [0.15, 0.2) is 18.2 Å². The molecule has 1 atom stereocenters. The van der Waals surface area contributed by atoms with Crippen molar-refractivity contribution in [2.24, 2.45) is 5.14 Å². The van der Waals surface area contributed by atoms with Crippen molar-refractivity contribution in [2.45, 2.75) is 25.0 Å². The minimum Gasteiger partial charge on any atom is -0.336 e. The Balaban J connectivity index is 1.91. The maximum atomic E-state index is 12.7. The zero-order valence-corrected chi connectivity index (χ0v) is 13.8. The van der Waals surface area contributed by atoms with Crippen LogP contribution in [-0.2, 0) is 10.0 Å². The number of fused-ring (bicyclic) bond motifs is 1. The molecule has 1 unspecified atom stereocenters. The molecule has 6 nitrogen and oxygen atoms in total. The van der Waals surface area contributed by atoms with E-state index in [0.717, 1.165) is 15.6 Å². The smallest absolute Gasteiger partial charge is 0.274 e. The predicted octanol–water partition coefficient (Wildman–Crippen LogP) is 1.50. The average Bonchev–Trinajstić information content (AvgIpc) is 2.88. The Labute approximate surface area is 133 Å². The Morgan fingerprint density at radius 3 is 2.95 bits per heavy atom. The van der Waals surface area contributed by atoms with E-state index in [-0.39, 0.29) is 12.5 Å². The molecule has 1 amide bonds. The third kappa shape index (κ3) is 2.86. The number of carbonyl (C=O) groups is 1. The zero-order valence-electron chi connectivity index (χ0n) is 12.2. The molecule has 2 heterocycles. The van der Waals surface area contributed by atoms with Gasteiger partial charge in [0.25, 0.3) is 5.91 Å². The van der Waals surface area contributed by atoms with Gasteiger partial charge in [0.15, 0.2) is 0 Å². The Bertz CT molecular complexity index is 829. The number of carbonyl (C=O) groups excluding carboxylic acids is 1. The lowest BCUT2D eigenvalue weighted by Crippen LogP contribution is -2.47. The van der Waals surface area contributed by atoms with E-state index in [1.54, 1.807) is 4.90 Å². The normalized spacial score (nSPS) is 19.5. The van der Waals surface area contributed by atoms with E-state index in [0.29, 0.717) is 25.1 Å². The number of primary sulfonamides is 1. The number of piperidine rings is 1. The van der Waals surface area contributed by atoms with E-state index in [2.05, 4.69) is 4.37 Å². The van der Waals surface area contributed by atoms with Gasteiger partial charge in [-0.2, -0.15) is 4.37 Å². The standard InChI is InChI=1S/C14H17N3O3S2/c1-9-4-5-12-11(7-9)13(16-21-12)14(18)17-6-2-3-10(8-17)22(15,19)20/h4-5,7,10H,2-3,6,8H2,1H3,(H2,15,19,20). The van der Waals surface area contributed by atoms with Crippen molar-refractivity contribution in [2.75, 3.05) is 13.1 Å². The van der Waals surface area contributed by atoms with E-state index >= 15 is 0 Å². The van der Waals surface area contributed by atoms with Gasteiger partial charge in [0.2, 0.25) is 10.0 Å². The summed E-state index contributed by atoms with van der Waals surface area (Å²) in [6.07, 6.45) is 1.13. The maximum Gasteiger partial charge on any atom is 0.274 e. The second-order valence-corrected chi connectivity index (χ2v) is 8.28. The fourth-order valence-corrected chi connectivity index (χ4v) is 4.38. The molecule has 0 saturated carbocycles. The van der Waals surface area contributed by atoms with Crippen molar-refractivity contribution in [3.63, 3.8) is 0 Å². The van der Waals surface area contributed by atoms with Crippen LogP contribution < -0.4 is 5.14 Å².